The van der Waals surface area contributed by atoms with E-state index in [0.717, 1.165) is 68.3 Å². The van der Waals surface area contributed by atoms with Gasteiger partial charge in [-0.2, -0.15) is 0 Å². The Morgan fingerprint density at radius 2 is 1.93 bits per heavy atom. The predicted octanol–water partition coefficient (Wildman–Crippen LogP) is 5.21. The van der Waals surface area contributed by atoms with Crippen molar-refractivity contribution in [1.29, 1.82) is 0 Å². The number of esters is 1. The van der Waals surface area contributed by atoms with Crippen LogP contribution in [0.4, 0.5) is 0 Å². The zero-order valence-electron chi connectivity index (χ0n) is 34.3. The number of hydrogen-bond acceptors (Lipinski definition) is 11. The van der Waals surface area contributed by atoms with Crippen LogP contribution in [0.1, 0.15) is 94.2 Å². The van der Waals surface area contributed by atoms with Gasteiger partial charge in [0, 0.05) is 83.0 Å². The predicted molar refractivity (Wildman–Crippen MR) is 221 cm³/mol. The number of pyridine rings is 1. The zero-order chi connectivity index (χ0) is 40.7. The number of cyclic esters (lactones) is 1. The summed E-state index contributed by atoms with van der Waals surface area (Å²) in [5.41, 5.74) is 8.94. The summed E-state index contributed by atoms with van der Waals surface area (Å²) in [7, 11) is 1.71. The third-order valence-corrected chi connectivity index (χ3v) is 14.7. The standard InChI is InChI=1S/C44H55N7O6S/c1-7-50-32-11-10-25-17-27(32)35-36(39(56-6)37-28(38(35)50)18-26(20-46-37)44(55)12-14-45-15-13-44)43(4,5)22-57-42(54)29-9-8-16-51(49-29)41(53)30(19-33-47-31(25)21-58-33)48-40(52)34-23(2)24(34)3/h10-11,17-18,20-21,23-24,29-30,34,36,39,45,49,55H,7-9,12-16,19,22H2,1-6H3,(H,48,52)/t23-,24+,29-,30-,34?,36?,39-/m0/s1. The number of methoxy groups -OCH3 is 1. The fourth-order valence-corrected chi connectivity index (χ4v) is 11.0. The van der Waals surface area contributed by atoms with E-state index in [1.807, 2.05) is 11.6 Å². The van der Waals surface area contributed by atoms with Crippen molar-refractivity contribution in [3.63, 3.8) is 0 Å². The van der Waals surface area contributed by atoms with E-state index >= 15 is 0 Å². The van der Waals surface area contributed by atoms with E-state index in [1.54, 1.807) is 7.11 Å². The van der Waals surface area contributed by atoms with Gasteiger partial charge in [-0.3, -0.25) is 24.4 Å². The molecule has 14 heteroatoms. The minimum atomic E-state index is -0.995. The highest BCUT2D eigenvalue weighted by Gasteiger charge is 2.50. The van der Waals surface area contributed by atoms with Crippen molar-refractivity contribution in [3.8, 4) is 22.5 Å². The number of aryl methyl sites for hydroxylation is 1. The molecule has 0 spiro atoms. The Morgan fingerprint density at radius 1 is 1.16 bits per heavy atom. The lowest BCUT2D eigenvalue weighted by atomic mass is 9.67. The molecule has 2 amide bonds. The Hall–Kier alpha value is -4.21. The summed E-state index contributed by atoms with van der Waals surface area (Å²) in [6, 6.07) is 6.99. The maximum absolute atomic E-state index is 14.2. The quantitative estimate of drug-likeness (QED) is 0.197. The van der Waals surface area contributed by atoms with Crippen LogP contribution in [0.25, 0.3) is 33.4 Å². The molecule has 4 aromatic rings. The number of carbonyl (C=O) groups excluding carboxylic acids is 3. The summed E-state index contributed by atoms with van der Waals surface area (Å²) >= 11 is 1.47. The summed E-state index contributed by atoms with van der Waals surface area (Å²) < 4.78 is 15.0. The molecule has 308 valence electrons. The minimum absolute atomic E-state index is 0.0898. The average molecular weight is 810 g/mol. The molecule has 13 nitrogen and oxygen atoms in total. The van der Waals surface area contributed by atoms with E-state index in [4.69, 9.17) is 19.4 Å². The number of aromatic nitrogens is 3. The van der Waals surface area contributed by atoms with Crippen molar-refractivity contribution < 1.29 is 29.0 Å². The van der Waals surface area contributed by atoms with Crippen LogP contribution in [-0.2, 0) is 42.4 Å². The third-order valence-electron chi connectivity index (χ3n) is 13.8. The average Bonchev–Trinajstić information content (AvgIpc) is 3.50. The number of carbonyl (C=O) groups is 3. The molecule has 58 heavy (non-hydrogen) atoms. The smallest absolute Gasteiger partial charge is 0.324 e. The van der Waals surface area contributed by atoms with Gasteiger partial charge in [0.2, 0.25) is 5.91 Å². The second-order valence-corrected chi connectivity index (χ2v) is 18.8. The molecule has 2 saturated heterocycles. The van der Waals surface area contributed by atoms with Crippen molar-refractivity contribution in [2.75, 3.05) is 33.4 Å². The molecule has 6 bridgehead atoms. The third kappa shape index (κ3) is 6.55. The van der Waals surface area contributed by atoms with E-state index in [9.17, 15) is 19.5 Å². The first-order chi connectivity index (χ1) is 27.8. The first-order valence-electron chi connectivity index (χ1n) is 21.0. The summed E-state index contributed by atoms with van der Waals surface area (Å²) in [6.07, 6.45) is 3.86. The number of benzene rings is 1. The first kappa shape index (κ1) is 39.3. The Kier molecular flexibility index (Phi) is 10.0. The van der Waals surface area contributed by atoms with E-state index < -0.39 is 35.2 Å². The highest BCUT2D eigenvalue weighted by Crippen LogP contribution is 2.57. The van der Waals surface area contributed by atoms with Crippen LogP contribution >= 0.6 is 11.3 Å². The van der Waals surface area contributed by atoms with Crippen LogP contribution < -0.4 is 16.1 Å². The number of nitrogens with zero attached hydrogens (tertiary/aromatic N) is 4. The molecule has 1 aromatic carbocycles. The Balaban J connectivity index is 1.20. The van der Waals surface area contributed by atoms with Gasteiger partial charge in [-0.1, -0.05) is 33.8 Å². The lowest BCUT2D eigenvalue weighted by Crippen LogP contribution is -2.60. The van der Waals surface area contributed by atoms with Crippen LogP contribution in [0, 0.1) is 23.2 Å². The topological polar surface area (TPSA) is 160 Å². The van der Waals surface area contributed by atoms with Gasteiger partial charge in [0.15, 0.2) is 0 Å². The van der Waals surface area contributed by atoms with Gasteiger partial charge in [-0.25, -0.2) is 10.4 Å². The molecule has 6 heterocycles. The van der Waals surface area contributed by atoms with E-state index in [2.05, 4.69) is 79.5 Å². The van der Waals surface area contributed by atoms with Crippen molar-refractivity contribution >= 4 is 40.0 Å². The summed E-state index contributed by atoms with van der Waals surface area (Å²) in [5, 5.41) is 23.6. The first-order valence-corrected chi connectivity index (χ1v) is 21.8. The second kappa shape index (κ2) is 14.8. The van der Waals surface area contributed by atoms with Gasteiger partial charge < -0.3 is 29.8 Å². The van der Waals surface area contributed by atoms with Gasteiger partial charge in [0.1, 0.15) is 18.2 Å². The molecule has 7 atom stereocenters. The molecule has 5 aliphatic rings. The monoisotopic (exact) mass is 809 g/mol. The molecule has 0 radical (unpaired) electrons. The number of nitrogens with one attached hydrogen (secondary N) is 3. The second-order valence-electron chi connectivity index (χ2n) is 17.9. The lowest BCUT2D eigenvalue weighted by molar-refractivity contribution is -0.156. The number of rotatable bonds is 5. The maximum Gasteiger partial charge on any atom is 0.324 e. The molecule has 9 rings (SSSR count). The van der Waals surface area contributed by atoms with Crippen molar-refractivity contribution in [2.24, 2.45) is 23.2 Å². The van der Waals surface area contributed by atoms with Gasteiger partial charge in [0.05, 0.1) is 34.3 Å². The summed E-state index contributed by atoms with van der Waals surface area (Å²) in [6.45, 7) is 13.1. The number of fused-ring (bicyclic) bond motifs is 8. The number of hydrazine groups is 1. The minimum Gasteiger partial charge on any atom is -0.464 e. The van der Waals surface area contributed by atoms with Crippen molar-refractivity contribution in [2.45, 2.75) is 103 Å². The van der Waals surface area contributed by atoms with Crippen LogP contribution in [0.5, 0.6) is 0 Å². The molecule has 4 N–H and O–H groups in total. The summed E-state index contributed by atoms with van der Waals surface area (Å²) in [4.78, 5) is 51.8. The Bertz CT molecular complexity index is 2270. The number of aliphatic hydroxyl groups is 1. The number of hydrogen-bond donors (Lipinski definition) is 4. The molecule has 3 fully saturated rings. The molecule has 2 unspecified atom stereocenters. The molecular weight excluding hydrogens is 755 g/mol. The lowest BCUT2D eigenvalue weighted by Gasteiger charge is -2.43. The normalized spacial score (nSPS) is 29.0. The van der Waals surface area contributed by atoms with E-state index in [1.165, 1.54) is 16.3 Å². The highest BCUT2D eigenvalue weighted by atomic mass is 32.1. The Labute approximate surface area is 343 Å². The van der Waals surface area contributed by atoms with Gasteiger partial charge in [-0.15, -0.1) is 11.3 Å². The van der Waals surface area contributed by atoms with E-state index in [-0.39, 0.29) is 48.5 Å². The Morgan fingerprint density at radius 3 is 2.66 bits per heavy atom. The number of piperidine rings is 1. The molecule has 2 aliphatic carbocycles. The van der Waals surface area contributed by atoms with Crippen LogP contribution in [0.2, 0.25) is 0 Å². The number of ether oxygens (including phenoxy) is 2. The van der Waals surface area contributed by atoms with Gasteiger partial charge in [-0.05, 0) is 81.3 Å². The largest absolute Gasteiger partial charge is 0.464 e. The molecule has 3 aromatic heterocycles. The fraction of sp³-hybridized carbons (Fsp3) is 0.568. The van der Waals surface area contributed by atoms with Crippen LogP contribution in [-0.4, -0.2) is 87.9 Å². The van der Waals surface area contributed by atoms with Gasteiger partial charge >= 0.3 is 5.97 Å². The molecular formula is C44H55N7O6S. The van der Waals surface area contributed by atoms with Crippen LogP contribution in [0.3, 0.4) is 0 Å². The van der Waals surface area contributed by atoms with E-state index in [0.29, 0.717) is 38.8 Å². The molecule has 3 aliphatic heterocycles. The zero-order valence-corrected chi connectivity index (χ0v) is 35.1. The fourth-order valence-electron chi connectivity index (χ4n) is 10.2. The maximum atomic E-state index is 14.2. The van der Waals surface area contributed by atoms with Crippen molar-refractivity contribution in [3.05, 3.63) is 57.7 Å². The highest BCUT2D eigenvalue weighted by molar-refractivity contribution is 7.10. The SMILES string of the molecule is CCn1c2c3c4cc(ccc41)-c1csc(n1)C[C@H](NC(=O)C1[C@@H](C)[C@H]1C)C(=O)N1CCC[C@H](N1)C(=O)OCC(C)(C)C3[C@H](OC)c1ncc(C3(O)CCNCC3)cc1-2. The number of thiazole rings is 1. The summed E-state index contributed by atoms with van der Waals surface area (Å²) in [5.74, 6) is -0.761. The molecule has 1 saturated carbocycles. The van der Waals surface area contributed by atoms with Crippen molar-refractivity contribution in [1.82, 2.24) is 35.6 Å². The van der Waals surface area contributed by atoms with Gasteiger partial charge in [0.25, 0.3) is 5.91 Å². The van der Waals surface area contributed by atoms with Crippen LogP contribution in [0.15, 0.2) is 35.8 Å². The number of amides is 2.